The third-order valence-electron chi connectivity index (χ3n) is 12.5. The molecule has 0 heterocycles. The summed E-state index contributed by atoms with van der Waals surface area (Å²) in [7, 11) is 0. The van der Waals surface area contributed by atoms with Crippen LogP contribution in [0.25, 0.3) is 0 Å². The minimum absolute atomic E-state index is 0.0887. The van der Waals surface area contributed by atoms with Gasteiger partial charge in [-0.15, -0.1) is 0 Å². The van der Waals surface area contributed by atoms with Crippen LogP contribution < -0.4 is 5.32 Å². The lowest BCUT2D eigenvalue weighted by atomic mass is 10.0. The zero-order valence-corrected chi connectivity index (χ0v) is 46.6. The molecule has 406 valence electrons. The Bertz CT molecular complexity index is 1540. The Balaban J connectivity index is 3.65. The van der Waals surface area contributed by atoms with Crippen LogP contribution in [0, 0.1) is 0 Å². The summed E-state index contributed by atoms with van der Waals surface area (Å²) in [5, 5.41) is 23.1. The van der Waals surface area contributed by atoms with Gasteiger partial charge in [-0.2, -0.15) is 0 Å². The Hall–Kier alpha value is -3.99. The average Bonchev–Trinajstić information content (AvgIpc) is 3.39. The van der Waals surface area contributed by atoms with Gasteiger partial charge in [0, 0.05) is 6.42 Å². The monoisotopic (exact) mass is 990 g/mol. The minimum Gasteiger partial charge on any atom is -0.394 e. The van der Waals surface area contributed by atoms with Crippen molar-refractivity contribution in [2.45, 2.75) is 257 Å². The molecule has 0 aliphatic rings. The molecule has 0 aromatic heterocycles. The van der Waals surface area contributed by atoms with Gasteiger partial charge < -0.3 is 15.5 Å². The molecule has 4 nitrogen and oxygen atoms in total. The van der Waals surface area contributed by atoms with Crippen molar-refractivity contribution in [1.29, 1.82) is 0 Å². The molecule has 2 atom stereocenters. The second-order valence-electron chi connectivity index (χ2n) is 19.3. The summed E-state index contributed by atoms with van der Waals surface area (Å²) in [6, 6.07) is -0.659. The van der Waals surface area contributed by atoms with Crippen LogP contribution in [-0.4, -0.2) is 34.9 Å². The van der Waals surface area contributed by atoms with Crippen molar-refractivity contribution in [3.05, 3.63) is 158 Å². The predicted octanol–water partition coefficient (Wildman–Crippen LogP) is 20.1. The van der Waals surface area contributed by atoms with Gasteiger partial charge in [-0.25, -0.2) is 0 Å². The van der Waals surface area contributed by atoms with Gasteiger partial charge >= 0.3 is 0 Å². The number of aliphatic hydroxyl groups is 2. The fourth-order valence-corrected chi connectivity index (χ4v) is 8.00. The number of hydrogen-bond acceptors (Lipinski definition) is 3. The van der Waals surface area contributed by atoms with Gasteiger partial charge in [0.2, 0.25) is 5.91 Å². The Kier molecular flexibility index (Phi) is 57.9. The maximum Gasteiger partial charge on any atom is 0.220 e. The van der Waals surface area contributed by atoms with Crippen LogP contribution >= 0.6 is 0 Å². The minimum atomic E-state index is -0.883. The van der Waals surface area contributed by atoms with Crippen LogP contribution in [0.2, 0.25) is 0 Å². The number of carbonyl (C=O) groups excluding carboxylic acids is 1. The Labute approximate surface area is 446 Å². The number of amides is 1. The highest BCUT2D eigenvalue weighted by molar-refractivity contribution is 5.76. The first-order valence-electron chi connectivity index (χ1n) is 29.7. The van der Waals surface area contributed by atoms with Crippen LogP contribution in [-0.2, 0) is 4.79 Å². The molecule has 0 saturated carbocycles. The molecule has 0 saturated heterocycles. The van der Waals surface area contributed by atoms with E-state index in [1.54, 1.807) is 6.08 Å². The Morgan fingerprint density at radius 2 is 0.625 bits per heavy atom. The summed E-state index contributed by atoms with van der Waals surface area (Å²) in [4.78, 5) is 12.5. The first kappa shape index (κ1) is 68.0. The quantitative estimate of drug-likeness (QED) is 0.0420. The summed E-state index contributed by atoms with van der Waals surface area (Å²) in [5.41, 5.74) is 0. The second-order valence-corrected chi connectivity index (χ2v) is 19.3. The van der Waals surface area contributed by atoms with Crippen LogP contribution in [0.1, 0.15) is 245 Å². The fourth-order valence-electron chi connectivity index (χ4n) is 8.00. The molecule has 0 aromatic rings. The van der Waals surface area contributed by atoms with E-state index in [1.807, 2.05) is 6.08 Å². The maximum absolute atomic E-state index is 12.5. The Morgan fingerprint density at radius 1 is 0.347 bits per heavy atom. The van der Waals surface area contributed by atoms with E-state index in [0.29, 0.717) is 6.42 Å². The van der Waals surface area contributed by atoms with Gasteiger partial charge in [0.05, 0.1) is 18.8 Å². The summed E-state index contributed by atoms with van der Waals surface area (Å²) in [6.07, 6.45) is 98.3. The molecule has 0 fully saturated rings. The zero-order valence-electron chi connectivity index (χ0n) is 46.6. The van der Waals surface area contributed by atoms with Crippen molar-refractivity contribution < 1.29 is 15.0 Å². The standard InChI is InChI=1S/C68H111NO3/c1-3-5-7-9-11-13-15-17-19-21-23-24-25-26-27-28-29-30-31-32-33-34-35-36-37-38-39-40-41-42-43-44-46-48-50-52-54-56-58-60-62-64-68(72)69-66(65-70)67(71)63-61-59-57-55-53-51-49-47-45-22-20-18-16-14-12-10-8-6-4-2/h5,7,11,13,17,19,23-24,26-27,29-30,32-33,35-36,38-39,41-42,45,47,53,55,61,63,66-67,70-71H,3-4,6,8-10,12,14-16,18,20-22,25,28,31,34,37,40,43-44,46,48-52,54,56-60,62,64-65H2,1-2H3,(H,69,72)/b7-5-,13-11-,19-17-,24-23-,27-26-,30-29-,33-32-,36-35-,39-38-,42-41-,47-45+,55-53+,63-61+. The summed E-state index contributed by atoms with van der Waals surface area (Å²) in [6.45, 7) is 4.17. The van der Waals surface area contributed by atoms with E-state index >= 15 is 0 Å². The molecule has 1 amide bonds. The first-order chi connectivity index (χ1) is 35.7. The van der Waals surface area contributed by atoms with Crippen LogP contribution in [0.5, 0.6) is 0 Å². The van der Waals surface area contributed by atoms with E-state index in [9.17, 15) is 15.0 Å². The van der Waals surface area contributed by atoms with Crippen molar-refractivity contribution in [2.75, 3.05) is 6.61 Å². The average molecular weight is 991 g/mol. The van der Waals surface area contributed by atoms with Gasteiger partial charge in [0.1, 0.15) is 0 Å². The molecule has 0 aromatic carbocycles. The summed E-state index contributed by atoms with van der Waals surface area (Å²) >= 11 is 0. The Morgan fingerprint density at radius 3 is 0.972 bits per heavy atom. The third kappa shape index (κ3) is 56.9. The molecular weight excluding hydrogens is 879 g/mol. The topological polar surface area (TPSA) is 69.6 Å². The zero-order chi connectivity index (χ0) is 52.0. The van der Waals surface area contributed by atoms with E-state index in [2.05, 4.69) is 165 Å². The molecular formula is C68H111NO3. The molecule has 0 spiro atoms. The van der Waals surface area contributed by atoms with Crippen molar-refractivity contribution in [1.82, 2.24) is 5.32 Å². The van der Waals surface area contributed by atoms with Gasteiger partial charge in [-0.1, -0.05) is 275 Å². The molecule has 0 radical (unpaired) electrons. The lowest BCUT2D eigenvalue weighted by molar-refractivity contribution is -0.123. The van der Waals surface area contributed by atoms with Gasteiger partial charge in [-0.05, 0) is 122 Å². The number of hydrogen-bond donors (Lipinski definition) is 3. The van der Waals surface area contributed by atoms with Gasteiger partial charge in [0.15, 0.2) is 0 Å². The summed E-state index contributed by atoms with van der Waals surface area (Å²) in [5.74, 6) is -0.0887. The maximum atomic E-state index is 12.5. The van der Waals surface area contributed by atoms with E-state index in [-0.39, 0.29) is 12.5 Å². The predicted molar refractivity (Wildman–Crippen MR) is 321 cm³/mol. The number of rotatable bonds is 52. The second kappa shape index (κ2) is 61.3. The number of nitrogens with one attached hydrogen (secondary N) is 1. The van der Waals surface area contributed by atoms with Crippen molar-refractivity contribution in [3.63, 3.8) is 0 Å². The molecule has 2 unspecified atom stereocenters. The number of allylic oxidation sites excluding steroid dienone is 25. The molecule has 0 bridgehead atoms. The molecule has 72 heavy (non-hydrogen) atoms. The van der Waals surface area contributed by atoms with Crippen LogP contribution in [0.3, 0.4) is 0 Å². The van der Waals surface area contributed by atoms with E-state index in [0.717, 1.165) is 109 Å². The van der Waals surface area contributed by atoms with Crippen LogP contribution in [0.15, 0.2) is 158 Å². The highest BCUT2D eigenvalue weighted by atomic mass is 16.3. The number of unbranched alkanes of at least 4 members (excludes halogenated alkanes) is 21. The van der Waals surface area contributed by atoms with E-state index in [4.69, 9.17) is 0 Å². The highest BCUT2D eigenvalue weighted by Gasteiger charge is 2.17. The highest BCUT2D eigenvalue weighted by Crippen LogP contribution is 2.14. The number of aliphatic hydroxyl groups excluding tert-OH is 2. The van der Waals surface area contributed by atoms with Gasteiger partial charge in [-0.3, -0.25) is 4.79 Å². The summed E-state index contributed by atoms with van der Waals surface area (Å²) < 4.78 is 0. The third-order valence-corrected chi connectivity index (χ3v) is 12.5. The fraction of sp³-hybridized carbons (Fsp3) is 0.603. The van der Waals surface area contributed by atoms with E-state index < -0.39 is 12.1 Å². The largest absolute Gasteiger partial charge is 0.394 e. The molecule has 4 heteroatoms. The molecule has 0 aliphatic heterocycles. The molecule has 3 N–H and O–H groups in total. The van der Waals surface area contributed by atoms with Crippen molar-refractivity contribution >= 4 is 5.91 Å². The number of carbonyl (C=O) groups is 1. The smallest absolute Gasteiger partial charge is 0.220 e. The molecule has 0 aliphatic carbocycles. The SMILES string of the molecule is CC/C=C\C/C=C\C/C=C\C/C=C\C/C=C\C/C=C\C/C=C\C/C=C\C/C=C\C/C=C\CCCCCCCCCCCCC(=O)NC(CO)C(O)/C=C/CC/C=C/CC/C=C/CCCCCCCCCCC. The van der Waals surface area contributed by atoms with Crippen LogP contribution in [0.4, 0.5) is 0 Å². The normalized spacial score (nSPS) is 14.0. The molecule has 0 rings (SSSR count). The van der Waals surface area contributed by atoms with E-state index in [1.165, 1.54) is 116 Å². The first-order valence-corrected chi connectivity index (χ1v) is 29.7. The van der Waals surface area contributed by atoms with Gasteiger partial charge in [0.25, 0.3) is 0 Å². The lowest BCUT2D eigenvalue weighted by Crippen LogP contribution is -2.45. The van der Waals surface area contributed by atoms with Crippen molar-refractivity contribution in [3.8, 4) is 0 Å². The lowest BCUT2D eigenvalue weighted by Gasteiger charge is -2.19. The van der Waals surface area contributed by atoms with Crippen molar-refractivity contribution in [2.24, 2.45) is 0 Å².